The molecule has 4 rings (SSSR count). The van der Waals surface area contributed by atoms with Crippen molar-refractivity contribution in [1.82, 2.24) is 9.88 Å². The number of nitrogens with zero attached hydrogens (tertiary/aromatic N) is 2. The van der Waals surface area contributed by atoms with Crippen molar-refractivity contribution in [3.05, 3.63) is 57.8 Å². The summed E-state index contributed by atoms with van der Waals surface area (Å²) in [5, 5.41) is 11.2. The van der Waals surface area contributed by atoms with E-state index in [0.29, 0.717) is 16.9 Å². The Kier molecular flexibility index (Phi) is 8.10. The van der Waals surface area contributed by atoms with Gasteiger partial charge < -0.3 is 19.1 Å². The molecule has 1 aliphatic rings. The van der Waals surface area contributed by atoms with Crippen LogP contribution in [0.25, 0.3) is 10.6 Å². The third kappa shape index (κ3) is 4.84. The van der Waals surface area contributed by atoms with E-state index in [4.69, 9.17) is 19.6 Å². The van der Waals surface area contributed by atoms with Gasteiger partial charge in [0, 0.05) is 29.2 Å². The first-order valence-corrected chi connectivity index (χ1v) is 11.9. The second-order valence-corrected chi connectivity index (χ2v) is 10.2. The molecule has 1 N–H and O–H groups in total. The molecule has 0 atom stereocenters. The first kappa shape index (κ1) is 27.6. The number of halogens is 2. The molecular formula is C26H29BrFN3O4S. The number of hydrogen-bond acceptors (Lipinski definition) is 7. The van der Waals surface area contributed by atoms with Crippen LogP contribution in [-0.4, -0.2) is 49.4 Å². The molecule has 3 aromatic rings. The first-order chi connectivity index (χ1) is 16.6. The SMILES string of the molecule is Br.COc1cc2c(c(F)c1OC)C(=N)N(CC(=O)c1cc(-c3nccs3)c(OC)c(C(C)(C)C)c1)C2. The van der Waals surface area contributed by atoms with Gasteiger partial charge in [-0.3, -0.25) is 10.2 Å². The van der Waals surface area contributed by atoms with Crippen LogP contribution in [0.3, 0.4) is 0 Å². The average molecular weight is 579 g/mol. The summed E-state index contributed by atoms with van der Waals surface area (Å²) in [5.74, 6) is -0.0201. The molecule has 0 bridgehead atoms. The lowest BCUT2D eigenvalue weighted by molar-refractivity contribution is 0.0962. The van der Waals surface area contributed by atoms with Gasteiger partial charge in [-0.2, -0.15) is 0 Å². The number of aromatic nitrogens is 1. The number of fused-ring (bicyclic) bond motifs is 1. The lowest BCUT2D eigenvalue weighted by atomic mass is 9.83. The van der Waals surface area contributed by atoms with E-state index < -0.39 is 5.82 Å². The smallest absolute Gasteiger partial charge is 0.197 e. The van der Waals surface area contributed by atoms with E-state index in [1.54, 1.807) is 30.3 Å². The minimum absolute atomic E-state index is 0. The van der Waals surface area contributed by atoms with Crippen molar-refractivity contribution in [2.45, 2.75) is 32.7 Å². The highest BCUT2D eigenvalue weighted by atomic mass is 79.9. The third-order valence-electron chi connectivity index (χ3n) is 6.03. The van der Waals surface area contributed by atoms with Gasteiger partial charge in [-0.15, -0.1) is 28.3 Å². The highest BCUT2D eigenvalue weighted by Crippen LogP contribution is 2.42. The molecule has 192 valence electrons. The molecule has 0 fully saturated rings. The van der Waals surface area contributed by atoms with Gasteiger partial charge in [0.05, 0.1) is 39.0 Å². The molecule has 2 aromatic carbocycles. The predicted octanol–water partition coefficient (Wildman–Crippen LogP) is 5.87. The zero-order valence-corrected chi connectivity index (χ0v) is 23.6. The highest BCUT2D eigenvalue weighted by molar-refractivity contribution is 8.93. The number of hydrogen-bond donors (Lipinski definition) is 1. The summed E-state index contributed by atoms with van der Waals surface area (Å²) >= 11 is 1.47. The maximum absolute atomic E-state index is 15.1. The largest absolute Gasteiger partial charge is 0.496 e. The fraction of sp³-hybridized carbons (Fsp3) is 0.346. The summed E-state index contributed by atoms with van der Waals surface area (Å²) in [6, 6.07) is 5.29. The Morgan fingerprint density at radius 1 is 1.14 bits per heavy atom. The molecular weight excluding hydrogens is 549 g/mol. The van der Waals surface area contributed by atoms with Crippen molar-refractivity contribution in [2.24, 2.45) is 0 Å². The highest BCUT2D eigenvalue weighted by Gasteiger charge is 2.33. The van der Waals surface area contributed by atoms with Crippen molar-refractivity contribution in [2.75, 3.05) is 27.9 Å². The average Bonchev–Trinajstić information content (AvgIpc) is 3.46. The lowest BCUT2D eigenvalue weighted by Gasteiger charge is -2.25. The van der Waals surface area contributed by atoms with Crippen molar-refractivity contribution >= 4 is 39.9 Å². The monoisotopic (exact) mass is 577 g/mol. The van der Waals surface area contributed by atoms with Gasteiger partial charge in [-0.1, -0.05) is 20.8 Å². The second kappa shape index (κ2) is 10.6. The minimum atomic E-state index is -0.660. The Morgan fingerprint density at radius 2 is 1.83 bits per heavy atom. The van der Waals surface area contributed by atoms with Crippen molar-refractivity contribution in [1.29, 1.82) is 5.41 Å². The van der Waals surface area contributed by atoms with Crippen LogP contribution in [0.2, 0.25) is 0 Å². The maximum atomic E-state index is 15.1. The van der Waals surface area contributed by atoms with Gasteiger partial charge >= 0.3 is 0 Å². The van der Waals surface area contributed by atoms with Gasteiger partial charge in [0.25, 0.3) is 0 Å². The summed E-state index contributed by atoms with van der Waals surface area (Å²) in [7, 11) is 4.40. The van der Waals surface area contributed by atoms with E-state index in [1.165, 1.54) is 25.6 Å². The number of carbonyl (C=O) groups is 1. The molecule has 0 unspecified atom stereocenters. The van der Waals surface area contributed by atoms with Crippen LogP contribution < -0.4 is 14.2 Å². The number of Topliss-reactive ketones (excluding diaryl/α,β-unsaturated/α-hetero) is 1. The molecule has 0 aliphatic carbocycles. The van der Waals surface area contributed by atoms with Crippen LogP contribution in [0.15, 0.2) is 29.8 Å². The van der Waals surface area contributed by atoms with Crippen LogP contribution in [0, 0.1) is 11.2 Å². The molecule has 1 aromatic heterocycles. The molecule has 0 saturated heterocycles. The van der Waals surface area contributed by atoms with Crippen molar-refractivity contribution in [3.63, 3.8) is 0 Å². The quantitative estimate of drug-likeness (QED) is 0.353. The number of methoxy groups -OCH3 is 3. The Morgan fingerprint density at radius 3 is 2.39 bits per heavy atom. The number of amidine groups is 1. The van der Waals surface area contributed by atoms with Crippen LogP contribution in [-0.2, 0) is 12.0 Å². The molecule has 36 heavy (non-hydrogen) atoms. The fourth-order valence-electron chi connectivity index (χ4n) is 4.31. The van der Waals surface area contributed by atoms with Crippen LogP contribution in [0.4, 0.5) is 4.39 Å². The van der Waals surface area contributed by atoms with E-state index in [2.05, 4.69) is 25.8 Å². The Labute approximate surface area is 224 Å². The lowest BCUT2D eigenvalue weighted by Crippen LogP contribution is -2.30. The number of ether oxygens (including phenoxy) is 3. The van der Waals surface area contributed by atoms with Gasteiger partial charge in [-0.05, 0) is 29.2 Å². The zero-order chi connectivity index (χ0) is 25.5. The minimum Gasteiger partial charge on any atom is -0.496 e. The predicted molar refractivity (Wildman–Crippen MR) is 144 cm³/mol. The molecule has 10 heteroatoms. The maximum Gasteiger partial charge on any atom is 0.197 e. The number of carbonyl (C=O) groups excluding carboxylic acids is 1. The van der Waals surface area contributed by atoms with Crippen LogP contribution >= 0.6 is 28.3 Å². The molecule has 1 aliphatic heterocycles. The van der Waals surface area contributed by atoms with Gasteiger partial charge in [-0.25, -0.2) is 9.37 Å². The number of rotatable bonds is 7. The third-order valence-corrected chi connectivity index (χ3v) is 6.83. The summed E-state index contributed by atoms with van der Waals surface area (Å²) in [4.78, 5) is 19.5. The van der Waals surface area contributed by atoms with E-state index in [1.807, 2.05) is 11.4 Å². The van der Waals surface area contributed by atoms with E-state index in [-0.39, 0.29) is 64.2 Å². The summed E-state index contributed by atoms with van der Waals surface area (Å²) in [6.45, 7) is 6.31. The fourth-order valence-corrected chi connectivity index (χ4v) is 4.96. The van der Waals surface area contributed by atoms with Crippen molar-refractivity contribution < 1.29 is 23.4 Å². The number of nitrogens with one attached hydrogen (secondary N) is 1. The Bertz CT molecular complexity index is 1310. The molecule has 0 radical (unpaired) electrons. The van der Waals surface area contributed by atoms with Gasteiger partial charge in [0.15, 0.2) is 23.1 Å². The summed E-state index contributed by atoms with van der Waals surface area (Å²) < 4.78 is 31.2. The number of ketones is 1. The second-order valence-electron chi connectivity index (χ2n) is 9.28. The summed E-state index contributed by atoms with van der Waals surface area (Å²) in [5.41, 5.74) is 2.53. The van der Waals surface area contributed by atoms with Crippen LogP contribution in [0.1, 0.15) is 47.8 Å². The van der Waals surface area contributed by atoms with E-state index in [9.17, 15) is 4.79 Å². The summed E-state index contributed by atoms with van der Waals surface area (Å²) in [6.07, 6.45) is 1.71. The first-order valence-electron chi connectivity index (χ1n) is 11.0. The van der Waals surface area contributed by atoms with Gasteiger partial charge in [0.1, 0.15) is 16.6 Å². The molecule has 7 nitrogen and oxygen atoms in total. The van der Waals surface area contributed by atoms with E-state index in [0.717, 1.165) is 16.1 Å². The molecule has 0 spiro atoms. The normalized spacial score (nSPS) is 12.8. The van der Waals surface area contributed by atoms with Crippen molar-refractivity contribution in [3.8, 4) is 27.8 Å². The Balaban J connectivity index is 0.00000361. The van der Waals surface area contributed by atoms with Gasteiger partial charge in [0.2, 0.25) is 0 Å². The topological polar surface area (TPSA) is 84.7 Å². The zero-order valence-electron chi connectivity index (χ0n) is 21.0. The van der Waals surface area contributed by atoms with E-state index >= 15 is 4.39 Å². The molecule has 0 saturated carbocycles. The molecule has 0 amide bonds. The standard InChI is InChI=1S/C26H28FN3O4S.BrH/c1-26(2,3)17-10-14(9-16(22(17)33-5)25-29-7-8-35-25)18(31)13-30-12-15-11-19(32-4)23(34-6)21(27)20(15)24(30)28;/h7-11,28H,12-13H2,1-6H3;1H. The molecule has 2 heterocycles. The van der Waals surface area contributed by atoms with Crippen LogP contribution in [0.5, 0.6) is 17.2 Å². The Hall–Kier alpha value is -2.98. The number of thiazole rings is 1. The number of benzene rings is 2.